The molecule has 0 saturated carbocycles. The van der Waals surface area contributed by atoms with Gasteiger partial charge < -0.3 is 5.32 Å². The summed E-state index contributed by atoms with van der Waals surface area (Å²) in [4.78, 5) is 25.1. The zero-order valence-electron chi connectivity index (χ0n) is 16.7. The molecule has 1 aliphatic rings. The summed E-state index contributed by atoms with van der Waals surface area (Å²) in [7, 11) is -4.07. The van der Waals surface area contributed by atoms with Crippen molar-refractivity contribution in [3.8, 4) is 0 Å². The maximum absolute atomic E-state index is 13.0. The molecule has 154 valence electrons. The second kappa shape index (κ2) is 8.78. The van der Waals surface area contributed by atoms with E-state index in [1.165, 1.54) is 17.7 Å². The second-order valence-electron chi connectivity index (χ2n) is 7.50. The van der Waals surface area contributed by atoms with Crippen LogP contribution in [0.4, 0.5) is 0 Å². The van der Waals surface area contributed by atoms with Crippen molar-refractivity contribution in [1.29, 1.82) is 0 Å². The summed E-state index contributed by atoms with van der Waals surface area (Å²) in [6.07, 6.45) is 1.77. The highest BCUT2D eigenvalue weighted by Gasteiger charge is 2.44. The molecule has 1 aliphatic heterocycles. The van der Waals surface area contributed by atoms with Gasteiger partial charge in [0.05, 0.1) is 4.90 Å². The van der Waals surface area contributed by atoms with Gasteiger partial charge in [0.2, 0.25) is 11.8 Å². The fourth-order valence-electron chi connectivity index (χ4n) is 3.46. The van der Waals surface area contributed by atoms with Crippen molar-refractivity contribution in [2.45, 2.75) is 56.5 Å². The number of carbonyl (C=O) groups excluding carboxylic acids is 2. The minimum Gasteiger partial charge on any atom is -0.352 e. The smallest absolute Gasteiger partial charge is 0.267 e. The standard InChI is InChI=1S/C22H26N2O4S/c1-16-8-12-19(13-9-16)29(27,28)24-20(14-15-21(24)25)22(26)23-17(2)10-11-18-6-4-3-5-7-18/h3-9,12-13,17,20H,10-11,14-15H2,1-2H3,(H,23,26)/t17-,20+/m1/s1. The SMILES string of the molecule is Cc1ccc(S(=O)(=O)N2C(=O)CC[C@H]2C(=O)N[C@H](C)CCc2ccccc2)cc1. The van der Waals surface area contributed by atoms with Crippen molar-refractivity contribution in [3.05, 3.63) is 65.7 Å². The van der Waals surface area contributed by atoms with Crippen LogP contribution < -0.4 is 5.32 Å². The number of sulfonamides is 1. The molecule has 0 unspecified atom stereocenters. The summed E-state index contributed by atoms with van der Waals surface area (Å²) in [6.45, 7) is 3.74. The van der Waals surface area contributed by atoms with Gasteiger partial charge in [-0.2, -0.15) is 0 Å². The molecule has 1 saturated heterocycles. The molecule has 0 aliphatic carbocycles. The Morgan fingerprint density at radius 3 is 2.45 bits per heavy atom. The van der Waals surface area contributed by atoms with E-state index in [9.17, 15) is 18.0 Å². The number of hydrogen-bond acceptors (Lipinski definition) is 4. The first kappa shape index (κ1) is 21.0. The Morgan fingerprint density at radius 2 is 1.79 bits per heavy atom. The Kier molecular flexibility index (Phi) is 6.37. The maximum atomic E-state index is 13.0. The van der Waals surface area contributed by atoms with E-state index in [0.29, 0.717) is 0 Å². The number of nitrogens with zero attached hydrogens (tertiary/aromatic N) is 1. The maximum Gasteiger partial charge on any atom is 0.267 e. The molecule has 29 heavy (non-hydrogen) atoms. The Labute approximate surface area is 172 Å². The molecule has 1 N–H and O–H groups in total. The zero-order valence-corrected chi connectivity index (χ0v) is 17.5. The number of hydrogen-bond donors (Lipinski definition) is 1. The molecule has 6 nitrogen and oxygen atoms in total. The summed E-state index contributed by atoms with van der Waals surface area (Å²) in [5.41, 5.74) is 2.09. The molecular formula is C22H26N2O4S. The predicted molar refractivity (Wildman–Crippen MR) is 111 cm³/mol. The normalized spacial score (nSPS) is 17.9. The second-order valence-corrected chi connectivity index (χ2v) is 9.31. The molecule has 3 rings (SSSR count). The number of carbonyl (C=O) groups is 2. The number of benzene rings is 2. The molecule has 1 heterocycles. The van der Waals surface area contributed by atoms with Gasteiger partial charge >= 0.3 is 0 Å². The van der Waals surface area contributed by atoms with E-state index < -0.39 is 27.9 Å². The average molecular weight is 415 g/mol. The van der Waals surface area contributed by atoms with Crippen molar-refractivity contribution >= 4 is 21.8 Å². The third-order valence-electron chi connectivity index (χ3n) is 5.14. The van der Waals surface area contributed by atoms with E-state index in [4.69, 9.17) is 0 Å². The van der Waals surface area contributed by atoms with Crippen molar-refractivity contribution in [1.82, 2.24) is 9.62 Å². The average Bonchev–Trinajstić information content (AvgIpc) is 3.10. The van der Waals surface area contributed by atoms with Crippen molar-refractivity contribution in [2.24, 2.45) is 0 Å². The van der Waals surface area contributed by atoms with E-state index in [2.05, 4.69) is 5.32 Å². The zero-order chi connectivity index (χ0) is 21.0. The minimum atomic E-state index is -4.07. The van der Waals surface area contributed by atoms with Crippen LogP contribution in [0, 0.1) is 6.92 Å². The molecule has 2 atom stereocenters. The monoisotopic (exact) mass is 414 g/mol. The van der Waals surface area contributed by atoms with Crippen LogP contribution in [-0.2, 0) is 26.0 Å². The Balaban J connectivity index is 1.69. The molecule has 2 aromatic rings. The largest absolute Gasteiger partial charge is 0.352 e. The van der Waals surface area contributed by atoms with Crippen molar-refractivity contribution in [3.63, 3.8) is 0 Å². The highest BCUT2D eigenvalue weighted by atomic mass is 32.2. The van der Waals surface area contributed by atoms with Crippen LogP contribution >= 0.6 is 0 Å². The minimum absolute atomic E-state index is 0.0216. The van der Waals surface area contributed by atoms with Crippen LogP contribution in [0.25, 0.3) is 0 Å². The van der Waals surface area contributed by atoms with Gasteiger partial charge in [0.25, 0.3) is 10.0 Å². The third-order valence-corrected chi connectivity index (χ3v) is 6.98. The predicted octanol–water partition coefficient (Wildman–Crippen LogP) is 2.81. The molecule has 0 spiro atoms. The molecule has 0 radical (unpaired) electrons. The number of rotatable bonds is 7. The Bertz CT molecular complexity index is 972. The van der Waals surface area contributed by atoms with Crippen LogP contribution in [0.15, 0.2) is 59.5 Å². The van der Waals surface area contributed by atoms with Crippen LogP contribution in [0.5, 0.6) is 0 Å². The van der Waals surface area contributed by atoms with Gasteiger partial charge in [0.1, 0.15) is 6.04 Å². The quantitative estimate of drug-likeness (QED) is 0.755. The molecular weight excluding hydrogens is 388 g/mol. The Morgan fingerprint density at radius 1 is 1.14 bits per heavy atom. The first-order chi connectivity index (χ1) is 13.8. The molecule has 0 bridgehead atoms. The summed E-state index contributed by atoms with van der Waals surface area (Å²) in [6, 6.07) is 15.1. The van der Waals surface area contributed by atoms with E-state index in [1.807, 2.05) is 44.2 Å². The molecule has 2 amide bonds. The number of amides is 2. The fourth-order valence-corrected chi connectivity index (χ4v) is 5.07. The van der Waals surface area contributed by atoms with E-state index in [1.54, 1.807) is 12.1 Å². The van der Waals surface area contributed by atoms with Gasteiger partial charge in [-0.05, 0) is 50.8 Å². The fraction of sp³-hybridized carbons (Fsp3) is 0.364. The van der Waals surface area contributed by atoms with Crippen LogP contribution in [-0.4, -0.2) is 36.6 Å². The summed E-state index contributed by atoms with van der Waals surface area (Å²) in [5, 5.41) is 2.88. The van der Waals surface area contributed by atoms with Gasteiger partial charge in [-0.25, -0.2) is 12.7 Å². The molecule has 7 heteroatoms. The van der Waals surface area contributed by atoms with Gasteiger partial charge in [0.15, 0.2) is 0 Å². The lowest BCUT2D eigenvalue weighted by atomic mass is 10.1. The topological polar surface area (TPSA) is 83.6 Å². The number of aryl methyl sites for hydroxylation is 2. The van der Waals surface area contributed by atoms with Gasteiger partial charge in [-0.3, -0.25) is 9.59 Å². The molecule has 1 fully saturated rings. The summed E-state index contributed by atoms with van der Waals surface area (Å²) < 4.78 is 26.7. The lowest BCUT2D eigenvalue weighted by molar-refractivity contribution is -0.131. The highest BCUT2D eigenvalue weighted by Crippen LogP contribution is 2.27. The van der Waals surface area contributed by atoms with Crippen molar-refractivity contribution in [2.75, 3.05) is 0 Å². The summed E-state index contributed by atoms with van der Waals surface area (Å²) in [5.74, 6) is -0.963. The molecule has 2 aromatic carbocycles. The van der Waals surface area contributed by atoms with Gasteiger partial charge in [0, 0.05) is 12.5 Å². The van der Waals surface area contributed by atoms with Gasteiger partial charge in [-0.15, -0.1) is 0 Å². The van der Waals surface area contributed by atoms with Crippen LogP contribution in [0.1, 0.15) is 37.3 Å². The van der Waals surface area contributed by atoms with E-state index >= 15 is 0 Å². The van der Waals surface area contributed by atoms with Crippen molar-refractivity contribution < 1.29 is 18.0 Å². The first-order valence-corrected chi connectivity index (χ1v) is 11.2. The number of nitrogens with one attached hydrogen (secondary N) is 1. The van der Waals surface area contributed by atoms with Crippen LogP contribution in [0.3, 0.4) is 0 Å². The third kappa shape index (κ3) is 4.85. The van der Waals surface area contributed by atoms with E-state index in [0.717, 1.165) is 22.7 Å². The lowest BCUT2D eigenvalue weighted by Gasteiger charge is -2.25. The van der Waals surface area contributed by atoms with E-state index in [-0.39, 0.29) is 23.8 Å². The summed E-state index contributed by atoms with van der Waals surface area (Å²) >= 11 is 0. The molecule has 0 aromatic heterocycles. The van der Waals surface area contributed by atoms with Crippen LogP contribution in [0.2, 0.25) is 0 Å². The first-order valence-electron chi connectivity index (χ1n) is 9.77. The van der Waals surface area contributed by atoms with Gasteiger partial charge in [-0.1, -0.05) is 48.0 Å². The highest BCUT2D eigenvalue weighted by molar-refractivity contribution is 7.89. The Hall–Kier alpha value is -2.67. The lowest BCUT2D eigenvalue weighted by Crippen LogP contribution is -2.49.